The molecule has 0 aromatic rings. The normalized spacial score (nSPS) is 17.1. The van der Waals surface area contributed by atoms with Crippen molar-refractivity contribution in [2.24, 2.45) is 0 Å². The first-order valence-electron chi connectivity index (χ1n) is 2.39. The third kappa shape index (κ3) is 1.40. The van der Waals surface area contributed by atoms with Crippen LogP contribution in [0.25, 0.3) is 0 Å². The van der Waals surface area contributed by atoms with Crippen LogP contribution in [-0.2, 0) is 0 Å². The highest BCUT2D eigenvalue weighted by Gasteiger charge is 1.71. The Labute approximate surface area is 43.9 Å². The van der Waals surface area contributed by atoms with Crippen LogP contribution in [0.5, 0.6) is 0 Å². The van der Waals surface area contributed by atoms with Gasteiger partial charge < -0.3 is 0 Å². The molecule has 0 aromatic heterocycles. The van der Waals surface area contributed by atoms with E-state index in [0.29, 0.717) is 0 Å². The average Bonchev–Trinajstić information content (AvgIpc) is 1.90. The van der Waals surface area contributed by atoms with Gasteiger partial charge in [-0.1, -0.05) is 30.4 Å². The van der Waals surface area contributed by atoms with Crippen LogP contribution in [0, 0.1) is 6.08 Å². The summed E-state index contributed by atoms with van der Waals surface area (Å²) < 4.78 is 0. The first-order chi connectivity index (χ1) is 3.50. The molecule has 1 radical (unpaired) electrons. The van der Waals surface area contributed by atoms with Crippen LogP contribution >= 0.6 is 0 Å². The SMILES string of the molecule is [C]1=CCC=CC=C1. The molecule has 0 aromatic carbocycles. The van der Waals surface area contributed by atoms with Crippen molar-refractivity contribution >= 4 is 0 Å². The Morgan fingerprint density at radius 3 is 3.29 bits per heavy atom. The minimum atomic E-state index is 1.02. The third-order valence-corrected chi connectivity index (χ3v) is 0.811. The molecule has 0 heterocycles. The van der Waals surface area contributed by atoms with Gasteiger partial charge in [0.25, 0.3) is 0 Å². The van der Waals surface area contributed by atoms with Gasteiger partial charge in [-0.2, -0.15) is 0 Å². The van der Waals surface area contributed by atoms with Crippen molar-refractivity contribution in [1.82, 2.24) is 0 Å². The summed E-state index contributed by atoms with van der Waals surface area (Å²) in [5.74, 6) is 0. The zero-order valence-corrected chi connectivity index (χ0v) is 4.09. The van der Waals surface area contributed by atoms with Crippen molar-refractivity contribution in [3.05, 3.63) is 36.5 Å². The Bertz CT molecular complexity index is 102. The summed E-state index contributed by atoms with van der Waals surface area (Å²) >= 11 is 0. The lowest BCUT2D eigenvalue weighted by molar-refractivity contribution is 1.40. The Morgan fingerprint density at radius 2 is 2.29 bits per heavy atom. The summed E-state index contributed by atoms with van der Waals surface area (Å²) in [4.78, 5) is 0. The summed E-state index contributed by atoms with van der Waals surface area (Å²) in [6.07, 6.45) is 14.0. The number of hydrogen-bond donors (Lipinski definition) is 0. The molecule has 0 fully saturated rings. The molecule has 0 bridgehead atoms. The number of allylic oxidation sites excluding steroid dienone is 6. The number of hydrogen-bond acceptors (Lipinski definition) is 0. The second-order valence-electron chi connectivity index (χ2n) is 1.39. The molecule has 0 amide bonds. The van der Waals surface area contributed by atoms with E-state index in [1.807, 2.05) is 24.3 Å². The van der Waals surface area contributed by atoms with Gasteiger partial charge in [0.1, 0.15) is 0 Å². The highest BCUT2D eigenvalue weighted by atomic mass is 13.8. The summed E-state index contributed by atoms with van der Waals surface area (Å²) in [7, 11) is 0. The topological polar surface area (TPSA) is 0 Å². The summed E-state index contributed by atoms with van der Waals surface area (Å²) in [6.45, 7) is 0. The Kier molecular flexibility index (Phi) is 1.50. The molecular formula is C7H7. The van der Waals surface area contributed by atoms with E-state index in [9.17, 15) is 0 Å². The van der Waals surface area contributed by atoms with E-state index in [4.69, 9.17) is 0 Å². The molecule has 7 heavy (non-hydrogen) atoms. The van der Waals surface area contributed by atoms with Crippen LogP contribution in [0.3, 0.4) is 0 Å². The van der Waals surface area contributed by atoms with Crippen LogP contribution in [0.1, 0.15) is 6.42 Å². The first-order valence-corrected chi connectivity index (χ1v) is 2.39. The van der Waals surface area contributed by atoms with Crippen LogP contribution in [0.4, 0.5) is 0 Å². The van der Waals surface area contributed by atoms with Crippen molar-refractivity contribution in [1.29, 1.82) is 0 Å². The van der Waals surface area contributed by atoms with Gasteiger partial charge in [-0.3, -0.25) is 0 Å². The van der Waals surface area contributed by atoms with Gasteiger partial charge in [0, 0.05) is 0 Å². The molecule has 0 unspecified atom stereocenters. The van der Waals surface area contributed by atoms with Crippen LogP contribution < -0.4 is 0 Å². The van der Waals surface area contributed by atoms with Crippen molar-refractivity contribution in [3.8, 4) is 0 Å². The molecule has 1 rings (SSSR count). The van der Waals surface area contributed by atoms with E-state index in [-0.39, 0.29) is 0 Å². The zero-order chi connectivity index (χ0) is 4.95. The predicted octanol–water partition coefficient (Wildman–Crippen LogP) is 1.86. The average molecular weight is 91.1 g/mol. The Hall–Kier alpha value is -0.780. The van der Waals surface area contributed by atoms with Crippen molar-refractivity contribution < 1.29 is 0 Å². The molecule has 0 aliphatic heterocycles. The van der Waals surface area contributed by atoms with Crippen molar-refractivity contribution in [3.63, 3.8) is 0 Å². The number of rotatable bonds is 0. The van der Waals surface area contributed by atoms with E-state index in [2.05, 4.69) is 12.2 Å². The first kappa shape index (κ1) is 4.38. The Morgan fingerprint density at radius 1 is 1.29 bits per heavy atom. The third-order valence-electron chi connectivity index (χ3n) is 0.811. The fourth-order valence-electron chi connectivity index (χ4n) is 0.472. The van der Waals surface area contributed by atoms with E-state index >= 15 is 0 Å². The van der Waals surface area contributed by atoms with E-state index < -0.39 is 0 Å². The molecule has 35 valence electrons. The predicted molar refractivity (Wildman–Crippen MR) is 30.7 cm³/mol. The fraction of sp³-hybridized carbons (Fsp3) is 0.143. The molecule has 0 N–H and O–H groups in total. The van der Waals surface area contributed by atoms with E-state index in [0.717, 1.165) is 6.42 Å². The lowest BCUT2D eigenvalue weighted by Gasteiger charge is -1.69. The van der Waals surface area contributed by atoms with Gasteiger partial charge in [-0.05, 0) is 12.5 Å². The van der Waals surface area contributed by atoms with Gasteiger partial charge >= 0.3 is 0 Å². The molecule has 1 aliphatic carbocycles. The summed E-state index contributed by atoms with van der Waals surface area (Å²) in [5.41, 5.74) is 0. The van der Waals surface area contributed by atoms with Crippen LogP contribution in [-0.4, -0.2) is 0 Å². The molecule has 0 saturated heterocycles. The van der Waals surface area contributed by atoms with Crippen molar-refractivity contribution in [2.75, 3.05) is 0 Å². The Balaban J connectivity index is 2.60. The molecule has 0 heteroatoms. The lowest BCUT2D eigenvalue weighted by Crippen LogP contribution is -1.49. The molecule has 0 nitrogen and oxygen atoms in total. The zero-order valence-electron chi connectivity index (χ0n) is 4.09. The largest absolute Gasteiger partial charge is 0.0807 e. The smallest absolute Gasteiger partial charge is 0.0157 e. The van der Waals surface area contributed by atoms with Gasteiger partial charge in [-0.15, -0.1) is 0 Å². The van der Waals surface area contributed by atoms with Crippen molar-refractivity contribution in [2.45, 2.75) is 6.42 Å². The van der Waals surface area contributed by atoms with E-state index in [1.165, 1.54) is 0 Å². The second-order valence-corrected chi connectivity index (χ2v) is 1.39. The van der Waals surface area contributed by atoms with Crippen LogP contribution in [0.15, 0.2) is 30.4 Å². The fourth-order valence-corrected chi connectivity index (χ4v) is 0.472. The molecule has 0 saturated carbocycles. The summed E-state index contributed by atoms with van der Waals surface area (Å²) in [6, 6.07) is 0. The molecule has 0 atom stereocenters. The maximum absolute atomic E-state index is 2.98. The maximum Gasteiger partial charge on any atom is -0.0157 e. The van der Waals surface area contributed by atoms with Gasteiger partial charge in [0.05, 0.1) is 0 Å². The summed E-state index contributed by atoms with van der Waals surface area (Å²) in [5, 5.41) is 0. The molecule has 0 spiro atoms. The molecule has 1 aliphatic rings. The highest BCUT2D eigenvalue weighted by Crippen LogP contribution is 1.91. The van der Waals surface area contributed by atoms with Gasteiger partial charge in [0.2, 0.25) is 0 Å². The lowest BCUT2D eigenvalue weighted by atomic mass is 10.4. The minimum absolute atomic E-state index is 1.02. The monoisotopic (exact) mass is 91.1 g/mol. The van der Waals surface area contributed by atoms with Gasteiger partial charge in [-0.25, -0.2) is 0 Å². The van der Waals surface area contributed by atoms with Gasteiger partial charge in [0.15, 0.2) is 0 Å². The highest BCUT2D eigenvalue weighted by molar-refractivity contribution is 5.12. The van der Waals surface area contributed by atoms with E-state index in [1.54, 1.807) is 0 Å². The standard InChI is InChI=1S/C7H7/c1-2-4-6-7-5-3-1/h1-4,7H,5H2. The van der Waals surface area contributed by atoms with Crippen LogP contribution in [0.2, 0.25) is 0 Å². The second kappa shape index (κ2) is 2.40. The molecular weight excluding hydrogens is 84.1 g/mol. The quantitative estimate of drug-likeness (QED) is 0.427. The maximum atomic E-state index is 2.98. The minimum Gasteiger partial charge on any atom is -0.0807 e.